The second-order valence-corrected chi connectivity index (χ2v) is 6.52. The first-order valence-corrected chi connectivity index (χ1v) is 7.66. The number of nitrogens with zero attached hydrogens (tertiary/aromatic N) is 2. The van der Waals surface area contributed by atoms with E-state index in [1.165, 1.54) is 6.42 Å². The number of nitrogens with one attached hydrogen (secondary N) is 2. The van der Waals surface area contributed by atoms with Gasteiger partial charge in [-0.3, -0.25) is 4.79 Å². The molecule has 104 valence electrons. The largest absolute Gasteiger partial charge is 0.346 e. The lowest BCUT2D eigenvalue weighted by molar-refractivity contribution is 0.0923. The Labute approximate surface area is 124 Å². The third-order valence-corrected chi connectivity index (χ3v) is 5.05. The Morgan fingerprint density at radius 2 is 2.40 bits per heavy atom. The van der Waals surface area contributed by atoms with Gasteiger partial charge in [0.25, 0.3) is 5.91 Å². The normalized spacial score (nSPS) is 28.1. The van der Waals surface area contributed by atoms with Crippen LogP contribution >= 0.6 is 15.9 Å². The zero-order chi connectivity index (χ0) is 13.7. The Hall–Kier alpha value is -1.40. The number of rotatable bonds is 2. The first-order valence-electron chi connectivity index (χ1n) is 6.87. The summed E-state index contributed by atoms with van der Waals surface area (Å²) in [4.78, 5) is 16.6. The molecule has 3 unspecified atom stereocenters. The van der Waals surface area contributed by atoms with Gasteiger partial charge in [0.05, 0.1) is 5.52 Å². The fourth-order valence-corrected chi connectivity index (χ4v) is 3.79. The SMILES string of the molecule is O=C(NC1CC2CNC1C2)c1cc2c(Br)ccn2cn1. The van der Waals surface area contributed by atoms with E-state index < -0.39 is 0 Å². The number of carbonyl (C=O) groups excluding carboxylic acids is 1. The molecule has 0 spiro atoms. The standard InChI is InChI=1S/C14H15BrN4O/c15-9-1-2-19-7-17-12(5-13(9)19)14(20)18-11-4-8-3-10(11)16-6-8/h1-2,5,7-8,10-11,16H,3-4,6H2,(H,18,20). The molecule has 6 heteroatoms. The summed E-state index contributed by atoms with van der Waals surface area (Å²) in [6.07, 6.45) is 5.85. The number of carbonyl (C=O) groups is 1. The third kappa shape index (κ3) is 1.94. The highest BCUT2D eigenvalue weighted by molar-refractivity contribution is 9.10. The molecule has 1 aliphatic carbocycles. The van der Waals surface area contributed by atoms with E-state index >= 15 is 0 Å². The molecule has 0 aromatic carbocycles. The fraction of sp³-hybridized carbons (Fsp3) is 0.429. The van der Waals surface area contributed by atoms with Crippen molar-refractivity contribution in [1.29, 1.82) is 0 Å². The van der Waals surface area contributed by atoms with Gasteiger partial charge >= 0.3 is 0 Å². The second kappa shape index (κ2) is 4.56. The van der Waals surface area contributed by atoms with Gasteiger partial charge in [-0.1, -0.05) is 0 Å². The fourth-order valence-electron chi connectivity index (χ4n) is 3.35. The van der Waals surface area contributed by atoms with Gasteiger partial charge in [0, 0.05) is 22.8 Å². The molecule has 5 nitrogen and oxygen atoms in total. The number of hydrogen-bond donors (Lipinski definition) is 2. The topological polar surface area (TPSA) is 58.4 Å². The van der Waals surface area contributed by atoms with Crippen LogP contribution in [0.2, 0.25) is 0 Å². The molecule has 2 fully saturated rings. The number of hydrogen-bond acceptors (Lipinski definition) is 3. The molecule has 1 saturated carbocycles. The zero-order valence-corrected chi connectivity index (χ0v) is 12.4. The molecule has 2 N–H and O–H groups in total. The summed E-state index contributed by atoms with van der Waals surface area (Å²) in [6, 6.07) is 4.45. The first kappa shape index (κ1) is 12.3. The minimum absolute atomic E-state index is 0.0834. The van der Waals surface area contributed by atoms with E-state index in [-0.39, 0.29) is 11.9 Å². The highest BCUT2D eigenvalue weighted by Crippen LogP contribution is 2.31. The molecular weight excluding hydrogens is 320 g/mol. The maximum atomic E-state index is 12.3. The summed E-state index contributed by atoms with van der Waals surface area (Å²) in [5, 5.41) is 6.57. The number of piperidine rings is 1. The minimum Gasteiger partial charge on any atom is -0.346 e. The molecule has 1 saturated heterocycles. The maximum absolute atomic E-state index is 12.3. The lowest BCUT2D eigenvalue weighted by Crippen LogP contribution is -2.48. The molecule has 2 aromatic heterocycles. The van der Waals surface area contributed by atoms with Crippen LogP contribution in [0, 0.1) is 5.92 Å². The molecule has 3 heterocycles. The number of halogens is 1. The summed E-state index contributed by atoms with van der Waals surface area (Å²) >= 11 is 3.47. The molecule has 1 aliphatic heterocycles. The summed E-state index contributed by atoms with van der Waals surface area (Å²) in [6.45, 7) is 1.10. The van der Waals surface area contributed by atoms with Gasteiger partial charge in [-0.05, 0) is 53.4 Å². The van der Waals surface area contributed by atoms with Crippen molar-refractivity contribution in [1.82, 2.24) is 20.0 Å². The quantitative estimate of drug-likeness (QED) is 0.876. The molecule has 20 heavy (non-hydrogen) atoms. The van der Waals surface area contributed by atoms with E-state index in [4.69, 9.17) is 0 Å². The van der Waals surface area contributed by atoms with Crippen LogP contribution in [-0.4, -0.2) is 33.9 Å². The van der Waals surface area contributed by atoms with Crippen molar-refractivity contribution in [2.24, 2.45) is 5.92 Å². The van der Waals surface area contributed by atoms with Crippen LogP contribution in [0.3, 0.4) is 0 Å². The highest BCUT2D eigenvalue weighted by Gasteiger charge is 2.40. The van der Waals surface area contributed by atoms with Gasteiger partial charge in [0.1, 0.15) is 12.0 Å². The second-order valence-electron chi connectivity index (χ2n) is 5.66. The first-order chi connectivity index (χ1) is 9.70. The summed E-state index contributed by atoms with van der Waals surface area (Å²) in [5.74, 6) is 0.639. The Morgan fingerprint density at radius 1 is 1.50 bits per heavy atom. The lowest BCUT2D eigenvalue weighted by Gasteiger charge is -2.23. The van der Waals surface area contributed by atoms with Gasteiger partial charge in [0.2, 0.25) is 0 Å². The minimum atomic E-state index is -0.0834. The molecule has 4 rings (SSSR count). The number of fused-ring (bicyclic) bond motifs is 3. The Morgan fingerprint density at radius 3 is 3.15 bits per heavy atom. The Balaban J connectivity index is 1.56. The van der Waals surface area contributed by atoms with Crippen LogP contribution < -0.4 is 10.6 Å². The van der Waals surface area contributed by atoms with Crippen LogP contribution in [0.25, 0.3) is 5.52 Å². The van der Waals surface area contributed by atoms with Gasteiger partial charge in [-0.15, -0.1) is 0 Å². The van der Waals surface area contributed by atoms with E-state index in [1.54, 1.807) is 6.33 Å². The predicted molar refractivity (Wildman–Crippen MR) is 78.7 cm³/mol. The van der Waals surface area contributed by atoms with Gasteiger partial charge < -0.3 is 15.0 Å². The monoisotopic (exact) mass is 334 g/mol. The molecule has 0 radical (unpaired) electrons. The molecule has 1 amide bonds. The van der Waals surface area contributed by atoms with E-state index in [1.807, 2.05) is 22.7 Å². The van der Waals surface area contributed by atoms with E-state index in [9.17, 15) is 4.79 Å². The van der Waals surface area contributed by atoms with Crippen LogP contribution in [0.4, 0.5) is 0 Å². The highest BCUT2D eigenvalue weighted by atomic mass is 79.9. The molecule has 2 aliphatic rings. The Kier molecular flexibility index (Phi) is 2.82. The van der Waals surface area contributed by atoms with Gasteiger partial charge in [-0.2, -0.15) is 0 Å². The lowest BCUT2D eigenvalue weighted by atomic mass is 10.1. The van der Waals surface area contributed by atoms with Crippen molar-refractivity contribution in [2.45, 2.75) is 24.9 Å². The van der Waals surface area contributed by atoms with E-state index in [0.717, 1.165) is 28.9 Å². The van der Waals surface area contributed by atoms with Crippen LogP contribution in [0.15, 0.2) is 29.1 Å². The summed E-state index contributed by atoms with van der Waals surface area (Å²) < 4.78 is 2.86. The Bertz CT molecular complexity index is 683. The number of amides is 1. The van der Waals surface area contributed by atoms with Crippen LogP contribution in [0.5, 0.6) is 0 Å². The number of aromatic nitrogens is 2. The zero-order valence-electron chi connectivity index (χ0n) is 10.8. The van der Waals surface area contributed by atoms with Gasteiger partial charge in [-0.25, -0.2) is 4.98 Å². The molecular formula is C14H15BrN4O. The van der Waals surface area contributed by atoms with Crippen molar-refractivity contribution in [3.63, 3.8) is 0 Å². The molecule has 2 aromatic rings. The van der Waals surface area contributed by atoms with Crippen LogP contribution in [-0.2, 0) is 0 Å². The third-order valence-electron chi connectivity index (χ3n) is 4.38. The molecule has 3 atom stereocenters. The van der Waals surface area contributed by atoms with Crippen molar-refractivity contribution in [3.8, 4) is 0 Å². The average molecular weight is 335 g/mol. The summed E-state index contributed by atoms with van der Waals surface area (Å²) in [5.41, 5.74) is 1.43. The van der Waals surface area contributed by atoms with Crippen LogP contribution in [0.1, 0.15) is 23.3 Å². The maximum Gasteiger partial charge on any atom is 0.270 e. The van der Waals surface area contributed by atoms with Gasteiger partial charge in [0.15, 0.2) is 0 Å². The smallest absolute Gasteiger partial charge is 0.270 e. The van der Waals surface area contributed by atoms with Crippen molar-refractivity contribution in [2.75, 3.05) is 6.54 Å². The molecule has 2 bridgehead atoms. The van der Waals surface area contributed by atoms with E-state index in [0.29, 0.717) is 11.7 Å². The average Bonchev–Trinajstić information content (AvgIpc) is 3.15. The predicted octanol–water partition coefficient (Wildman–Crippen LogP) is 1.58. The van der Waals surface area contributed by atoms with Crippen molar-refractivity contribution >= 4 is 27.4 Å². The van der Waals surface area contributed by atoms with Crippen molar-refractivity contribution in [3.05, 3.63) is 34.8 Å². The van der Waals surface area contributed by atoms with Crippen molar-refractivity contribution < 1.29 is 4.79 Å². The summed E-state index contributed by atoms with van der Waals surface area (Å²) in [7, 11) is 0. The van der Waals surface area contributed by atoms with E-state index in [2.05, 4.69) is 31.5 Å².